The highest BCUT2D eigenvalue weighted by Gasteiger charge is 2.23. The maximum atomic E-state index is 3.71. The third kappa shape index (κ3) is 5.36. The molecule has 17 heavy (non-hydrogen) atoms. The van der Waals surface area contributed by atoms with Crippen LogP contribution in [0.25, 0.3) is 0 Å². The zero-order valence-corrected chi connectivity index (χ0v) is 12.2. The molecule has 1 unspecified atom stereocenters. The van der Waals surface area contributed by atoms with Gasteiger partial charge in [0.25, 0.3) is 0 Å². The Kier molecular flexibility index (Phi) is 7.09. The summed E-state index contributed by atoms with van der Waals surface area (Å²) in [5.41, 5.74) is 0. The lowest BCUT2D eigenvalue weighted by molar-refractivity contribution is 0.260. The van der Waals surface area contributed by atoms with Gasteiger partial charge in [-0.1, -0.05) is 13.8 Å². The topological polar surface area (TPSA) is 18.5 Å². The van der Waals surface area contributed by atoms with Crippen LogP contribution in [0.1, 0.15) is 40.5 Å². The van der Waals surface area contributed by atoms with Crippen molar-refractivity contribution >= 4 is 0 Å². The lowest BCUT2D eigenvalue weighted by Crippen LogP contribution is -2.39. The van der Waals surface area contributed by atoms with Gasteiger partial charge in [0.1, 0.15) is 0 Å². The number of hydrogen-bond acceptors (Lipinski definition) is 3. The van der Waals surface area contributed by atoms with Gasteiger partial charge in [0.2, 0.25) is 0 Å². The second kappa shape index (κ2) is 8.06. The number of likely N-dealkylation sites (tertiary alicyclic amines) is 1. The number of nitrogens with zero attached hydrogens (tertiary/aromatic N) is 2. The van der Waals surface area contributed by atoms with Crippen LogP contribution in [0.4, 0.5) is 0 Å². The van der Waals surface area contributed by atoms with Crippen LogP contribution in [0.2, 0.25) is 0 Å². The van der Waals surface area contributed by atoms with E-state index in [1.165, 1.54) is 45.6 Å². The molecule has 1 N–H and O–H groups in total. The van der Waals surface area contributed by atoms with Crippen LogP contribution in [-0.2, 0) is 0 Å². The van der Waals surface area contributed by atoms with Crippen LogP contribution in [-0.4, -0.2) is 61.2 Å². The van der Waals surface area contributed by atoms with Crippen molar-refractivity contribution in [2.45, 2.75) is 52.6 Å². The van der Waals surface area contributed by atoms with Crippen molar-refractivity contribution in [3.05, 3.63) is 0 Å². The number of hydrogen-bond donors (Lipinski definition) is 1. The first-order chi connectivity index (χ1) is 8.17. The van der Waals surface area contributed by atoms with Gasteiger partial charge in [0, 0.05) is 31.7 Å². The van der Waals surface area contributed by atoms with E-state index in [0.29, 0.717) is 6.04 Å². The average Bonchev–Trinajstić information content (AvgIpc) is 2.77. The molecule has 1 rings (SSSR count). The molecule has 0 aromatic carbocycles. The highest BCUT2D eigenvalue weighted by molar-refractivity contribution is 4.82. The molecule has 1 aliphatic heterocycles. The monoisotopic (exact) mass is 241 g/mol. The van der Waals surface area contributed by atoms with Crippen molar-refractivity contribution in [2.75, 3.05) is 39.3 Å². The van der Waals surface area contributed by atoms with E-state index in [0.717, 1.165) is 12.6 Å². The minimum absolute atomic E-state index is 0.703. The summed E-state index contributed by atoms with van der Waals surface area (Å²) >= 11 is 0. The highest BCUT2D eigenvalue weighted by Crippen LogP contribution is 2.11. The standard InChI is InChI=1S/C14H31N3/c1-5-9-16(6-2)11-8-15-14-7-10-17(12-14)13(3)4/h13-15H,5-12H2,1-4H3. The molecule has 1 heterocycles. The van der Waals surface area contributed by atoms with Gasteiger partial charge in [-0.05, 0) is 46.3 Å². The molecule has 0 saturated carbocycles. The fourth-order valence-corrected chi connectivity index (χ4v) is 2.59. The molecule has 1 saturated heterocycles. The fourth-order valence-electron chi connectivity index (χ4n) is 2.59. The van der Waals surface area contributed by atoms with E-state index in [1.807, 2.05) is 0 Å². The lowest BCUT2D eigenvalue weighted by atomic mass is 10.2. The van der Waals surface area contributed by atoms with Crippen LogP contribution in [0, 0.1) is 0 Å². The molecule has 0 bridgehead atoms. The summed E-state index contributed by atoms with van der Waals surface area (Å²) in [5, 5.41) is 3.71. The van der Waals surface area contributed by atoms with Crippen molar-refractivity contribution in [1.82, 2.24) is 15.1 Å². The van der Waals surface area contributed by atoms with Crippen molar-refractivity contribution in [3.8, 4) is 0 Å². The quantitative estimate of drug-likeness (QED) is 0.699. The molecule has 0 spiro atoms. The Labute approximate surface area is 108 Å². The van der Waals surface area contributed by atoms with Gasteiger partial charge in [0.05, 0.1) is 0 Å². The minimum atomic E-state index is 0.703. The predicted molar refractivity (Wildman–Crippen MR) is 75.5 cm³/mol. The summed E-state index contributed by atoms with van der Waals surface area (Å²) in [6.07, 6.45) is 2.58. The van der Waals surface area contributed by atoms with Crippen LogP contribution in [0.5, 0.6) is 0 Å². The molecule has 0 amide bonds. The van der Waals surface area contributed by atoms with E-state index < -0.39 is 0 Å². The van der Waals surface area contributed by atoms with Crippen molar-refractivity contribution in [1.29, 1.82) is 0 Å². The van der Waals surface area contributed by atoms with E-state index in [4.69, 9.17) is 0 Å². The van der Waals surface area contributed by atoms with E-state index >= 15 is 0 Å². The van der Waals surface area contributed by atoms with Gasteiger partial charge < -0.3 is 10.2 Å². The van der Waals surface area contributed by atoms with Gasteiger partial charge >= 0.3 is 0 Å². The van der Waals surface area contributed by atoms with E-state index in [2.05, 4.69) is 42.8 Å². The Hall–Kier alpha value is -0.120. The summed E-state index contributed by atoms with van der Waals surface area (Å²) in [4.78, 5) is 5.10. The molecular weight excluding hydrogens is 210 g/mol. The maximum absolute atomic E-state index is 3.71. The van der Waals surface area contributed by atoms with Crippen LogP contribution in [0.15, 0.2) is 0 Å². The second-order valence-corrected chi connectivity index (χ2v) is 5.46. The summed E-state index contributed by atoms with van der Waals surface area (Å²) in [7, 11) is 0. The second-order valence-electron chi connectivity index (χ2n) is 5.46. The third-order valence-electron chi connectivity index (χ3n) is 3.80. The average molecular weight is 241 g/mol. The molecule has 1 aliphatic rings. The summed E-state index contributed by atoms with van der Waals surface area (Å²) in [6.45, 7) is 16.4. The van der Waals surface area contributed by atoms with Gasteiger partial charge in [-0.2, -0.15) is 0 Å². The first-order valence-electron chi connectivity index (χ1n) is 7.37. The summed E-state index contributed by atoms with van der Waals surface area (Å²) < 4.78 is 0. The summed E-state index contributed by atoms with van der Waals surface area (Å²) in [5.74, 6) is 0. The Balaban J connectivity index is 2.11. The van der Waals surface area contributed by atoms with E-state index in [1.54, 1.807) is 0 Å². The van der Waals surface area contributed by atoms with Gasteiger partial charge in [-0.15, -0.1) is 0 Å². The smallest absolute Gasteiger partial charge is 0.0207 e. The fraction of sp³-hybridized carbons (Fsp3) is 1.00. The van der Waals surface area contributed by atoms with Crippen molar-refractivity contribution in [3.63, 3.8) is 0 Å². The highest BCUT2D eigenvalue weighted by atomic mass is 15.2. The Morgan fingerprint density at radius 3 is 2.59 bits per heavy atom. The largest absolute Gasteiger partial charge is 0.311 e. The normalized spacial score (nSPS) is 21.9. The van der Waals surface area contributed by atoms with Gasteiger partial charge in [-0.3, -0.25) is 4.90 Å². The predicted octanol–water partition coefficient (Wildman–Crippen LogP) is 1.79. The molecule has 0 aliphatic carbocycles. The third-order valence-corrected chi connectivity index (χ3v) is 3.80. The van der Waals surface area contributed by atoms with Gasteiger partial charge in [-0.25, -0.2) is 0 Å². The van der Waals surface area contributed by atoms with Crippen molar-refractivity contribution < 1.29 is 0 Å². The van der Waals surface area contributed by atoms with Crippen molar-refractivity contribution in [2.24, 2.45) is 0 Å². The molecule has 0 aromatic heterocycles. The number of likely N-dealkylation sites (N-methyl/N-ethyl adjacent to an activating group) is 1. The molecule has 1 fully saturated rings. The maximum Gasteiger partial charge on any atom is 0.0207 e. The molecule has 1 atom stereocenters. The molecule has 0 aromatic rings. The molecule has 3 nitrogen and oxygen atoms in total. The Bertz CT molecular complexity index is 194. The first kappa shape index (κ1) is 14.9. The molecule has 0 radical (unpaired) electrons. The van der Waals surface area contributed by atoms with Crippen LogP contribution in [0.3, 0.4) is 0 Å². The van der Waals surface area contributed by atoms with E-state index in [-0.39, 0.29) is 0 Å². The summed E-state index contributed by atoms with van der Waals surface area (Å²) in [6, 6.07) is 1.42. The first-order valence-corrected chi connectivity index (χ1v) is 7.37. The molecule has 102 valence electrons. The number of nitrogens with one attached hydrogen (secondary N) is 1. The zero-order valence-electron chi connectivity index (χ0n) is 12.2. The van der Waals surface area contributed by atoms with Gasteiger partial charge in [0.15, 0.2) is 0 Å². The SMILES string of the molecule is CCCN(CC)CCNC1CCN(C(C)C)C1. The number of rotatable bonds is 8. The molecule has 3 heteroatoms. The lowest BCUT2D eigenvalue weighted by Gasteiger charge is -2.22. The molecular formula is C14H31N3. The van der Waals surface area contributed by atoms with E-state index in [9.17, 15) is 0 Å². The Morgan fingerprint density at radius 1 is 1.29 bits per heavy atom. The Morgan fingerprint density at radius 2 is 2.06 bits per heavy atom. The zero-order chi connectivity index (χ0) is 12.7. The van der Waals surface area contributed by atoms with Crippen LogP contribution >= 0.6 is 0 Å². The van der Waals surface area contributed by atoms with Crippen LogP contribution < -0.4 is 5.32 Å². The minimum Gasteiger partial charge on any atom is -0.311 e.